The third kappa shape index (κ3) is 2.32. The Morgan fingerprint density at radius 3 is 2.78 bits per heavy atom. The van der Waals surface area contributed by atoms with Crippen molar-refractivity contribution in [2.45, 2.75) is 0 Å². The van der Waals surface area contributed by atoms with E-state index < -0.39 is 0 Å². The highest BCUT2D eigenvalue weighted by atomic mass is 16.5. The number of methoxy groups -OCH3 is 1. The van der Waals surface area contributed by atoms with Crippen molar-refractivity contribution >= 4 is 11.3 Å². The predicted octanol–water partition coefficient (Wildman–Crippen LogP) is 0.996. The molecule has 2 aromatic heterocycles. The Hall–Kier alpha value is -2.37. The molecule has 0 atom stereocenters. The van der Waals surface area contributed by atoms with Gasteiger partial charge in [-0.1, -0.05) is 0 Å². The lowest BCUT2D eigenvalue weighted by atomic mass is 10.2. The lowest BCUT2D eigenvalue weighted by Crippen LogP contribution is -2.03. The summed E-state index contributed by atoms with van der Waals surface area (Å²) in [5.74, 6) is 0.474. The number of nitrogens with zero attached hydrogens (tertiary/aromatic N) is 4. The first kappa shape index (κ1) is 12.1. The molecule has 2 aromatic rings. The highest BCUT2D eigenvalue weighted by Gasteiger charge is 2.11. The van der Waals surface area contributed by atoms with Gasteiger partial charge < -0.3 is 9.64 Å². The summed E-state index contributed by atoms with van der Waals surface area (Å²) in [6.45, 7) is 0. The van der Waals surface area contributed by atoms with E-state index in [4.69, 9.17) is 4.74 Å². The van der Waals surface area contributed by atoms with Gasteiger partial charge in [0.05, 0.1) is 25.1 Å². The minimum atomic E-state index is -0.117. The second kappa shape index (κ2) is 4.87. The Morgan fingerprint density at radius 1 is 1.39 bits per heavy atom. The zero-order chi connectivity index (χ0) is 13.1. The number of carbonyl (C=O) groups is 1. The number of aromatic nitrogens is 3. The second-order valence-corrected chi connectivity index (χ2v) is 3.97. The van der Waals surface area contributed by atoms with Crippen LogP contribution in [0.2, 0.25) is 0 Å². The molecule has 18 heavy (non-hydrogen) atoms. The summed E-state index contributed by atoms with van der Waals surface area (Å²) in [7, 11) is 5.26. The van der Waals surface area contributed by atoms with Crippen LogP contribution < -0.4 is 4.74 Å². The summed E-state index contributed by atoms with van der Waals surface area (Å²) in [5.41, 5.74) is 1.13. The Morgan fingerprint density at radius 2 is 2.11 bits per heavy atom. The number of rotatable bonds is 4. The zero-order valence-corrected chi connectivity index (χ0v) is 10.5. The molecule has 0 fully saturated rings. The molecule has 94 valence electrons. The van der Waals surface area contributed by atoms with E-state index in [-0.39, 0.29) is 5.78 Å². The molecule has 6 nitrogen and oxygen atoms in total. The van der Waals surface area contributed by atoms with Crippen molar-refractivity contribution in [3.8, 4) is 5.75 Å². The molecule has 0 unspecified atom stereocenters. The first-order chi connectivity index (χ1) is 8.61. The van der Waals surface area contributed by atoms with Crippen LogP contribution in [0.4, 0.5) is 0 Å². The van der Waals surface area contributed by atoms with Gasteiger partial charge in [0.15, 0.2) is 5.78 Å². The zero-order valence-electron chi connectivity index (χ0n) is 10.5. The molecular weight excluding hydrogens is 232 g/mol. The SMILES string of the molecule is COc1cnn2ncc(C(=O)/C=C/N(C)C)c2c1. The van der Waals surface area contributed by atoms with Crippen molar-refractivity contribution in [3.63, 3.8) is 0 Å². The van der Waals surface area contributed by atoms with Gasteiger partial charge >= 0.3 is 0 Å². The van der Waals surface area contributed by atoms with Crippen LogP contribution in [0.3, 0.4) is 0 Å². The topological polar surface area (TPSA) is 59.7 Å². The molecule has 0 aliphatic rings. The molecule has 0 bridgehead atoms. The summed E-state index contributed by atoms with van der Waals surface area (Å²) >= 11 is 0. The molecular formula is C12H14N4O2. The van der Waals surface area contributed by atoms with Gasteiger partial charge in [0.2, 0.25) is 0 Å². The van der Waals surface area contributed by atoms with E-state index in [9.17, 15) is 4.79 Å². The Balaban J connectivity index is 2.41. The van der Waals surface area contributed by atoms with Crippen LogP contribution in [0.15, 0.2) is 30.7 Å². The van der Waals surface area contributed by atoms with E-state index in [0.717, 1.165) is 0 Å². The summed E-state index contributed by atoms with van der Waals surface area (Å²) in [5, 5.41) is 8.07. The molecule has 0 saturated carbocycles. The largest absolute Gasteiger partial charge is 0.495 e. The van der Waals surface area contributed by atoms with Crippen molar-refractivity contribution in [3.05, 3.63) is 36.3 Å². The van der Waals surface area contributed by atoms with E-state index >= 15 is 0 Å². The average Bonchev–Trinajstić information content (AvgIpc) is 2.78. The van der Waals surface area contributed by atoms with Crippen molar-refractivity contribution in [1.29, 1.82) is 0 Å². The highest BCUT2D eigenvalue weighted by molar-refractivity contribution is 6.09. The Kier molecular flexibility index (Phi) is 3.27. The minimum Gasteiger partial charge on any atom is -0.495 e. The number of ether oxygens (including phenoxy) is 1. The number of allylic oxidation sites excluding steroid dienone is 1. The monoisotopic (exact) mass is 246 g/mol. The van der Waals surface area contributed by atoms with Crippen molar-refractivity contribution < 1.29 is 9.53 Å². The summed E-state index contributed by atoms with van der Waals surface area (Å²) in [6.07, 6.45) is 6.24. The van der Waals surface area contributed by atoms with E-state index in [1.165, 1.54) is 16.9 Å². The lowest BCUT2D eigenvalue weighted by Gasteiger charge is -2.02. The third-order valence-electron chi connectivity index (χ3n) is 2.39. The molecule has 0 radical (unpaired) electrons. The van der Waals surface area contributed by atoms with Crippen LogP contribution >= 0.6 is 0 Å². The van der Waals surface area contributed by atoms with E-state index in [2.05, 4.69) is 10.2 Å². The first-order valence-corrected chi connectivity index (χ1v) is 5.39. The van der Waals surface area contributed by atoms with E-state index in [1.807, 2.05) is 14.1 Å². The van der Waals surface area contributed by atoms with Gasteiger partial charge in [0.25, 0.3) is 0 Å². The normalized spacial score (nSPS) is 11.1. The molecule has 6 heteroatoms. The third-order valence-corrected chi connectivity index (χ3v) is 2.39. The molecule has 0 spiro atoms. The highest BCUT2D eigenvalue weighted by Crippen LogP contribution is 2.16. The van der Waals surface area contributed by atoms with E-state index in [1.54, 1.807) is 30.5 Å². The fourth-order valence-electron chi connectivity index (χ4n) is 1.47. The van der Waals surface area contributed by atoms with Gasteiger partial charge in [0, 0.05) is 32.4 Å². The minimum absolute atomic E-state index is 0.117. The van der Waals surface area contributed by atoms with Crippen molar-refractivity contribution in [2.75, 3.05) is 21.2 Å². The molecule has 0 amide bonds. The van der Waals surface area contributed by atoms with Crippen LogP contribution in [-0.2, 0) is 0 Å². The fourth-order valence-corrected chi connectivity index (χ4v) is 1.47. The van der Waals surface area contributed by atoms with Gasteiger partial charge in [-0.15, -0.1) is 0 Å². The Labute approximate surface area is 104 Å². The molecule has 0 saturated heterocycles. The summed E-state index contributed by atoms with van der Waals surface area (Å²) in [6, 6.07) is 1.73. The maximum atomic E-state index is 12.0. The average molecular weight is 246 g/mol. The van der Waals surface area contributed by atoms with Gasteiger partial charge in [-0.3, -0.25) is 4.79 Å². The van der Waals surface area contributed by atoms with Crippen LogP contribution in [-0.4, -0.2) is 46.7 Å². The molecule has 0 N–H and O–H groups in total. The van der Waals surface area contributed by atoms with Crippen LogP contribution in [0, 0.1) is 0 Å². The summed E-state index contributed by atoms with van der Waals surface area (Å²) < 4.78 is 6.49. The number of fused-ring (bicyclic) bond motifs is 1. The van der Waals surface area contributed by atoms with Gasteiger partial charge in [-0.2, -0.15) is 14.8 Å². The van der Waals surface area contributed by atoms with Crippen LogP contribution in [0.5, 0.6) is 5.75 Å². The lowest BCUT2D eigenvalue weighted by molar-refractivity contribution is 0.104. The summed E-state index contributed by atoms with van der Waals surface area (Å²) in [4.78, 5) is 13.8. The van der Waals surface area contributed by atoms with Crippen LogP contribution in [0.25, 0.3) is 5.52 Å². The fraction of sp³-hybridized carbons (Fsp3) is 0.250. The maximum absolute atomic E-state index is 12.0. The second-order valence-electron chi connectivity index (χ2n) is 3.97. The molecule has 0 aliphatic carbocycles. The molecule has 0 aromatic carbocycles. The maximum Gasteiger partial charge on any atom is 0.191 e. The van der Waals surface area contributed by atoms with Gasteiger partial charge in [0.1, 0.15) is 11.3 Å². The Bertz CT molecular complexity index is 601. The van der Waals surface area contributed by atoms with Gasteiger partial charge in [-0.05, 0) is 0 Å². The van der Waals surface area contributed by atoms with Crippen molar-refractivity contribution in [2.24, 2.45) is 0 Å². The molecule has 2 rings (SSSR count). The standard InChI is InChI=1S/C12H14N4O2/c1-15(2)5-4-12(17)10-8-14-16-11(10)6-9(18-3)7-13-16/h4-8H,1-3H3/b5-4+. The molecule has 0 aliphatic heterocycles. The number of ketones is 1. The quantitative estimate of drug-likeness (QED) is 0.595. The molecule has 2 heterocycles. The van der Waals surface area contributed by atoms with E-state index in [0.29, 0.717) is 16.8 Å². The first-order valence-electron chi connectivity index (χ1n) is 5.39. The van der Waals surface area contributed by atoms with Gasteiger partial charge in [-0.25, -0.2) is 0 Å². The number of hydrogen-bond donors (Lipinski definition) is 0. The number of carbonyl (C=O) groups excluding carboxylic acids is 1. The predicted molar refractivity (Wildman–Crippen MR) is 66.7 cm³/mol. The van der Waals surface area contributed by atoms with Crippen molar-refractivity contribution in [1.82, 2.24) is 19.7 Å². The van der Waals surface area contributed by atoms with Crippen LogP contribution in [0.1, 0.15) is 10.4 Å². The smallest absolute Gasteiger partial charge is 0.191 e. The number of hydrogen-bond acceptors (Lipinski definition) is 5.